The molecule has 1 unspecified atom stereocenters. The first-order chi connectivity index (χ1) is 10.2. The minimum atomic E-state index is 0.336. The van der Waals surface area contributed by atoms with E-state index in [1.54, 1.807) is 25.6 Å². The molecular weight excluding hydrogens is 286 g/mol. The molecule has 1 heterocycles. The van der Waals surface area contributed by atoms with Crippen LogP contribution >= 0.6 is 11.3 Å². The van der Waals surface area contributed by atoms with Crippen molar-refractivity contribution in [2.24, 2.45) is 0 Å². The molecule has 0 aromatic carbocycles. The number of hydrogen-bond acceptors (Lipinski definition) is 6. The molecule has 21 heavy (non-hydrogen) atoms. The van der Waals surface area contributed by atoms with Crippen molar-refractivity contribution in [3.8, 4) is 0 Å². The van der Waals surface area contributed by atoms with Gasteiger partial charge in [0.1, 0.15) is 0 Å². The summed E-state index contributed by atoms with van der Waals surface area (Å²) in [5, 5.41) is 4.54. The Bertz CT molecular complexity index is 435. The van der Waals surface area contributed by atoms with Gasteiger partial charge >= 0.3 is 0 Å². The van der Waals surface area contributed by atoms with Gasteiger partial charge in [0, 0.05) is 45.2 Å². The lowest BCUT2D eigenvalue weighted by atomic mass is 10.2. The zero-order valence-electron chi connectivity index (χ0n) is 13.5. The van der Waals surface area contributed by atoms with E-state index in [0.29, 0.717) is 12.0 Å². The van der Waals surface area contributed by atoms with E-state index in [-0.39, 0.29) is 0 Å². The van der Waals surface area contributed by atoms with Crippen molar-refractivity contribution in [2.75, 3.05) is 45.9 Å². The van der Waals surface area contributed by atoms with E-state index in [0.717, 1.165) is 31.4 Å². The van der Waals surface area contributed by atoms with Crippen LogP contribution in [0.3, 0.4) is 0 Å². The lowest BCUT2D eigenvalue weighted by Gasteiger charge is -2.23. The molecular formula is C15H27N3O2S. The summed E-state index contributed by atoms with van der Waals surface area (Å²) in [6.45, 7) is 5.40. The van der Waals surface area contributed by atoms with Gasteiger partial charge in [0.15, 0.2) is 5.13 Å². The Labute approximate surface area is 131 Å². The van der Waals surface area contributed by atoms with Gasteiger partial charge in [-0.15, -0.1) is 11.3 Å². The minimum absolute atomic E-state index is 0.336. The SMILES string of the molecule is COCCNCc1sc(N(C)C(C)COC)nc1C1CC1. The van der Waals surface area contributed by atoms with Gasteiger partial charge in [-0.1, -0.05) is 0 Å². The molecule has 0 aliphatic heterocycles. The Hall–Kier alpha value is -0.690. The summed E-state index contributed by atoms with van der Waals surface area (Å²) in [5.74, 6) is 0.681. The Morgan fingerprint density at radius 1 is 1.38 bits per heavy atom. The van der Waals surface area contributed by atoms with Crippen LogP contribution in [-0.2, 0) is 16.0 Å². The zero-order chi connectivity index (χ0) is 15.2. The van der Waals surface area contributed by atoms with Crippen molar-refractivity contribution in [1.82, 2.24) is 10.3 Å². The number of anilines is 1. The number of likely N-dealkylation sites (N-methyl/N-ethyl adjacent to an activating group) is 1. The van der Waals surface area contributed by atoms with E-state index in [9.17, 15) is 0 Å². The molecule has 2 rings (SSSR count). The number of nitrogens with zero attached hydrogens (tertiary/aromatic N) is 2. The molecule has 0 bridgehead atoms. The second-order valence-electron chi connectivity index (χ2n) is 5.66. The van der Waals surface area contributed by atoms with Gasteiger partial charge in [-0.2, -0.15) is 0 Å². The zero-order valence-corrected chi connectivity index (χ0v) is 14.3. The highest BCUT2D eigenvalue weighted by Crippen LogP contribution is 2.44. The third kappa shape index (κ3) is 4.64. The van der Waals surface area contributed by atoms with Crippen LogP contribution in [-0.4, -0.2) is 52.1 Å². The van der Waals surface area contributed by atoms with Gasteiger partial charge in [0.25, 0.3) is 0 Å². The second kappa shape index (κ2) is 8.08. The van der Waals surface area contributed by atoms with E-state index in [1.165, 1.54) is 23.4 Å². The first-order valence-electron chi connectivity index (χ1n) is 7.58. The molecule has 1 aliphatic carbocycles. The number of aromatic nitrogens is 1. The number of nitrogens with one attached hydrogen (secondary N) is 1. The molecule has 0 saturated heterocycles. The van der Waals surface area contributed by atoms with E-state index >= 15 is 0 Å². The van der Waals surface area contributed by atoms with Gasteiger partial charge in [-0.3, -0.25) is 0 Å². The van der Waals surface area contributed by atoms with Crippen LogP contribution in [0.15, 0.2) is 0 Å². The summed E-state index contributed by atoms with van der Waals surface area (Å²) in [5.41, 5.74) is 1.30. The summed E-state index contributed by atoms with van der Waals surface area (Å²) in [7, 11) is 5.57. The molecule has 1 N–H and O–H groups in total. The maximum atomic E-state index is 5.24. The quantitative estimate of drug-likeness (QED) is 0.671. The van der Waals surface area contributed by atoms with Crippen molar-refractivity contribution < 1.29 is 9.47 Å². The molecule has 0 amide bonds. The average Bonchev–Trinajstić information content (AvgIpc) is 3.23. The molecule has 6 heteroatoms. The fourth-order valence-corrected chi connectivity index (χ4v) is 3.40. The fraction of sp³-hybridized carbons (Fsp3) is 0.800. The van der Waals surface area contributed by atoms with Crippen LogP contribution in [0.1, 0.15) is 36.3 Å². The van der Waals surface area contributed by atoms with Crippen molar-refractivity contribution in [3.05, 3.63) is 10.6 Å². The van der Waals surface area contributed by atoms with Gasteiger partial charge in [-0.05, 0) is 19.8 Å². The molecule has 1 aliphatic rings. The molecule has 1 saturated carbocycles. The maximum Gasteiger partial charge on any atom is 0.185 e. The molecule has 0 spiro atoms. The van der Waals surface area contributed by atoms with E-state index in [2.05, 4.69) is 24.2 Å². The molecule has 1 fully saturated rings. The fourth-order valence-electron chi connectivity index (χ4n) is 2.22. The Kier molecular flexibility index (Phi) is 6.41. The van der Waals surface area contributed by atoms with E-state index < -0.39 is 0 Å². The third-order valence-corrected chi connectivity index (χ3v) is 4.98. The van der Waals surface area contributed by atoms with Crippen LogP contribution < -0.4 is 10.2 Å². The lowest BCUT2D eigenvalue weighted by molar-refractivity contribution is 0.183. The molecule has 0 radical (unpaired) electrons. The molecule has 120 valence electrons. The highest BCUT2D eigenvalue weighted by atomic mass is 32.1. The Balaban J connectivity index is 2.02. The molecule has 5 nitrogen and oxygen atoms in total. The monoisotopic (exact) mass is 313 g/mol. The average molecular weight is 313 g/mol. The van der Waals surface area contributed by atoms with Crippen molar-refractivity contribution in [1.29, 1.82) is 0 Å². The minimum Gasteiger partial charge on any atom is -0.383 e. The van der Waals surface area contributed by atoms with Crippen molar-refractivity contribution >= 4 is 16.5 Å². The largest absolute Gasteiger partial charge is 0.383 e. The van der Waals surface area contributed by atoms with Crippen LogP contribution in [0.4, 0.5) is 5.13 Å². The summed E-state index contributed by atoms with van der Waals surface area (Å²) in [4.78, 5) is 8.49. The summed E-state index contributed by atoms with van der Waals surface area (Å²) >= 11 is 1.80. The Morgan fingerprint density at radius 3 is 2.76 bits per heavy atom. The molecule has 1 aromatic rings. The van der Waals surface area contributed by atoms with Crippen LogP contribution in [0.5, 0.6) is 0 Å². The van der Waals surface area contributed by atoms with Gasteiger partial charge in [0.05, 0.1) is 24.9 Å². The first kappa shape index (κ1) is 16.7. The predicted molar refractivity (Wildman–Crippen MR) is 87.4 cm³/mol. The second-order valence-corrected chi connectivity index (χ2v) is 6.73. The Morgan fingerprint density at radius 2 is 2.14 bits per heavy atom. The third-order valence-electron chi connectivity index (χ3n) is 3.82. The van der Waals surface area contributed by atoms with Crippen molar-refractivity contribution in [2.45, 2.75) is 38.3 Å². The number of ether oxygens (including phenoxy) is 2. The summed E-state index contributed by atoms with van der Waals surface area (Å²) in [6.07, 6.45) is 2.57. The topological polar surface area (TPSA) is 46.6 Å². The number of thiazole rings is 1. The number of rotatable bonds is 10. The molecule has 1 aromatic heterocycles. The van der Waals surface area contributed by atoms with Crippen molar-refractivity contribution in [3.63, 3.8) is 0 Å². The molecule has 1 atom stereocenters. The van der Waals surface area contributed by atoms with Crippen LogP contribution in [0, 0.1) is 0 Å². The van der Waals surface area contributed by atoms with Crippen LogP contribution in [0.2, 0.25) is 0 Å². The summed E-state index contributed by atoms with van der Waals surface area (Å²) < 4.78 is 10.3. The normalized spacial score (nSPS) is 16.2. The smallest absolute Gasteiger partial charge is 0.185 e. The summed E-state index contributed by atoms with van der Waals surface area (Å²) in [6, 6.07) is 0.336. The van der Waals surface area contributed by atoms with E-state index in [1.807, 2.05) is 0 Å². The number of methoxy groups -OCH3 is 2. The van der Waals surface area contributed by atoms with Gasteiger partial charge < -0.3 is 19.7 Å². The number of hydrogen-bond donors (Lipinski definition) is 1. The first-order valence-corrected chi connectivity index (χ1v) is 8.40. The highest BCUT2D eigenvalue weighted by molar-refractivity contribution is 7.15. The standard InChI is InChI=1S/C15H27N3O2S/c1-11(10-20-4)18(2)15-17-14(12-5-6-12)13(21-15)9-16-7-8-19-3/h11-12,16H,5-10H2,1-4H3. The maximum absolute atomic E-state index is 5.24. The van der Waals surface area contributed by atoms with Crippen LogP contribution in [0.25, 0.3) is 0 Å². The predicted octanol–water partition coefficient (Wildman–Crippen LogP) is 2.23. The highest BCUT2D eigenvalue weighted by Gasteiger charge is 2.30. The van der Waals surface area contributed by atoms with Gasteiger partial charge in [-0.25, -0.2) is 4.98 Å². The van der Waals surface area contributed by atoms with E-state index in [4.69, 9.17) is 14.5 Å². The lowest BCUT2D eigenvalue weighted by Crippen LogP contribution is -2.32. The van der Waals surface area contributed by atoms with Gasteiger partial charge in [0.2, 0.25) is 0 Å².